The van der Waals surface area contributed by atoms with Crippen molar-refractivity contribution in [2.45, 2.75) is 283 Å². The molecular weight excluding hydrogens is 916 g/mol. The zero-order chi connectivity index (χ0) is 52.9. The number of quaternary nitrogens is 1. The molecule has 0 aromatic rings. The Hall–Kier alpha value is -2.29. The molecule has 0 heterocycles. The highest BCUT2D eigenvalue weighted by molar-refractivity contribution is 7.45. The first kappa shape index (κ1) is 69.7. The standard InChI is InChI=1S/C62H115N2O7P/c1-7-10-13-16-19-22-25-28-30-32-34-36-39-42-45-48-51-54-61(65)63-59(58-70-72(67,68)69-57-56-64(4,5)6)60(53-50-47-44-41-38-27-24-21-18-15-12-9-3)71-62(66)55-52-49-46-43-40-37-35-33-31-29-26-23-20-17-14-11-8-2/h19-20,22-23,28-31,50,53,59-60H,7-18,21,24-27,32-49,51-52,54-58H2,1-6H3,(H-,63,65,67,68)/b22-19-,23-20-,30-28-,31-29-,53-50+. The van der Waals surface area contributed by atoms with Gasteiger partial charge < -0.3 is 28.5 Å². The van der Waals surface area contributed by atoms with Gasteiger partial charge in [0.15, 0.2) is 0 Å². The summed E-state index contributed by atoms with van der Waals surface area (Å²) in [6.45, 7) is 6.79. The fourth-order valence-electron chi connectivity index (χ4n) is 8.46. The molecule has 3 atom stereocenters. The highest BCUT2D eigenvalue weighted by Crippen LogP contribution is 2.38. The van der Waals surface area contributed by atoms with E-state index in [1.54, 1.807) is 0 Å². The van der Waals surface area contributed by atoms with Crippen molar-refractivity contribution >= 4 is 19.7 Å². The zero-order valence-electron chi connectivity index (χ0n) is 47.9. The van der Waals surface area contributed by atoms with Gasteiger partial charge in [0.1, 0.15) is 19.3 Å². The summed E-state index contributed by atoms with van der Waals surface area (Å²) in [5.74, 6) is -0.556. The van der Waals surface area contributed by atoms with Gasteiger partial charge in [-0.15, -0.1) is 0 Å². The van der Waals surface area contributed by atoms with Crippen molar-refractivity contribution in [3.05, 3.63) is 60.8 Å². The SMILES string of the molecule is CCCCC/C=C\C/C=C\CCCCCCCCCC(=O)NC(COP(=O)([O-])OCC[N+](C)(C)C)C(/C=C/CCCCCCCCCCCC)OC(=O)CCCCCCCCC/C=C\C/C=C\CCCCC. The Kier molecular flexibility index (Phi) is 50.5. The van der Waals surface area contributed by atoms with Crippen LogP contribution in [0.5, 0.6) is 0 Å². The van der Waals surface area contributed by atoms with Gasteiger partial charge in [-0.1, -0.05) is 223 Å². The Bertz CT molecular complexity index is 1420. The second kappa shape index (κ2) is 52.2. The van der Waals surface area contributed by atoms with Gasteiger partial charge in [-0.2, -0.15) is 0 Å². The average molecular weight is 1030 g/mol. The average Bonchev–Trinajstić information content (AvgIpc) is 3.34. The van der Waals surface area contributed by atoms with E-state index in [9.17, 15) is 19.0 Å². The first-order valence-electron chi connectivity index (χ1n) is 30.1. The van der Waals surface area contributed by atoms with Crippen molar-refractivity contribution in [1.29, 1.82) is 0 Å². The number of allylic oxidation sites excluding steroid dienone is 9. The van der Waals surface area contributed by atoms with Gasteiger partial charge >= 0.3 is 5.97 Å². The molecule has 3 unspecified atom stereocenters. The molecule has 0 saturated carbocycles. The number of likely N-dealkylation sites (N-methyl/N-ethyl adjacent to an activating group) is 1. The molecule has 1 amide bonds. The van der Waals surface area contributed by atoms with Crippen molar-refractivity contribution < 1.29 is 37.3 Å². The second-order valence-corrected chi connectivity index (χ2v) is 22.9. The van der Waals surface area contributed by atoms with Crippen LogP contribution in [0.4, 0.5) is 0 Å². The smallest absolute Gasteiger partial charge is 0.306 e. The summed E-state index contributed by atoms with van der Waals surface area (Å²) in [5.41, 5.74) is 0. The number of hydrogen-bond acceptors (Lipinski definition) is 7. The lowest BCUT2D eigenvalue weighted by Crippen LogP contribution is -2.47. The Morgan fingerprint density at radius 1 is 0.486 bits per heavy atom. The van der Waals surface area contributed by atoms with E-state index in [1.807, 2.05) is 33.3 Å². The number of carbonyl (C=O) groups is 2. The summed E-state index contributed by atoms with van der Waals surface area (Å²) in [4.78, 5) is 39.9. The van der Waals surface area contributed by atoms with E-state index in [-0.39, 0.29) is 24.9 Å². The van der Waals surface area contributed by atoms with Crippen LogP contribution in [0.1, 0.15) is 271 Å². The monoisotopic (exact) mass is 1030 g/mol. The molecule has 0 spiro atoms. The lowest BCUT2D eigenvalue weighted by Gasteiger charge is -2.30. The van der Waals surface area contributed by atoms with Crippen molar-refractivity contribution in [2.24, 2.45) is 0 Å². The van der Waals surface area contributed by atoms with E-state index in [4.69, 9.17) is 13.8 Å². The third-order valence-electron chi connectivity index (χ3n) is 13.2. The van der Waals surface area contributed by atoms with Crippen LogP contribution < -0.4 is 10.2 Å². The van der Waals surface area contributed by atoms with Crippen LogP contribution in [0.2, 0.25) is 0 Å². The number of nitrogens with one attached hydrogen (secondary N) is 1. The maximum atomic E-state index is 13.5. The molecule has 420 valence electrons. The second-order valence-electron chi connectivity index (χ2n) is 21.5. The molecule has 0 saturated heterocycles. The van der Waals surface area contributed by atoms with Gasteiger partial charge in [-0.05, 0) is 96.0 Å². The third kappa shape index (κ3) is 52.6. The maximum absolute atomic E-state index is 13.5. The highest BCUT2D eigenvalue weighted by atomic mass is 31.2. The molecule has 0 aliphatic heterocycles. The van der Waals surface area contributed by atoms with E-state index in [0.29, 0.717) is 17.4 Å². The molecule has 0 aromatic carbocycles. The lowest BCUT2D eigenvalue weighted by molar-refractivity contribution is -0.870. The number of ether oxygens (including phenoxy) is 1. The molecule has 0 fully saturated rings. The molecule has 0 bridgehead atoms. The summed E-state index contributed by atoms with van der Waals surface area (Å²) in [6, 6.07) is -0.896. The largest absolute Gasteiger partial charge is 0.756 e. The van der Waals surface area contributed by atoms with Gasteiger partial charge in [-0.25, -0.2) is 0 Å². The van der Waals surface area contributed by atoms with Gasteiger partial charge in [0, 0.05) is 12.8 Å². The first-order chi connectivity index (χ1) is 34.9. The fourth-order valence-corrected chi connectivity index (χ4v) is 9.19. The van der Waals surface area contributed by atoms with Gasteiger partial charge in [0.2, 0.25) is 5.91 Å². The normalized spacial score (nSPS) is 14.2. The van der Waals surface area contributed by atoms with Crippen LogP contribution in [0.15, 0.2) is 60.8 Å². The van der Waals surface area contributed by atoms with Crippen LogP contribution in [0.3, 0.4) is 0 Å². The lowest BCUT2D eigenvalue weighted by atomic mass is 10.0. The number of nitrogens with zero attached hydrogens (tertiary/aromatic N) is 1. The number of esters is 1. The Morgan fingerprint density at radius 3 is 1.28 bits per heavy atom. The Labute approximate surface area is 445 Å². The number of carbonyl (C=O) groups excluding carboxylic acids is 2. The fraction of sp³-hybridized carbons (Fsp3) is 0.806. The minimum absolute atomic E-state index is 0.0264. The van der Waals surface area contributed by atoms with Crippen molar-refractivity contribution in [1.82, 2.24) is 5.32 Å². The topological polar surface area (TPSA) is 114 Å². The number of unbranched alkanes of at least 4 members (excludes halogenated alkanes) is 30. The number of amides is 1. The molecule has 10 heteroatoms. The van der Waals surface area contributed by atoms with Crippen LogP contribution in [0, 0.1) is 0 Å². The van der Waals surface area contributed by atoms with E-state index in [2.05, 4.69) is 74.7 Å². The number of rotatable bonds is 54. The first-order valence-corrected chi connectivity index (χ1v) is 31.6. The van der Waals surface area contributed by atoms with Crippen LogP contribution in [0.25, 0.3) is 0 Å². The van der Waals surface area contributed by atoms with Gasteiger partial charge in [-0.3, -0.25) is 14.2 Å². The Balaban J connectivity index is 5.32. The molecule has 0 radical (unpaired) electrons. The van der Waals surface area contributed by atoms with E-state index < -0.39 is 26.6 Å². The van der Waals surface area contributed by atoms with Gasteiger partial charge in [0.25, 0.3) is 7.82 Å². The molecule has 0 aliphatic carbocycles. The molecule has 9 nitrogen and oxygen atoms in total. The predicted octanol–water partition coefficient (Wildman–Crippen LogP) is 17.6. The van der Waals surface area contributed by atoms with Gasteiger partial charge in [0.05, 0.1) is 33.8 Å². The zero-order valence-corrected chi connectivity index (χ0v) is 48.8. The van der Waals surface area contributed by atoms with Crippen LogP contribution >= 0.6 is 7.82 Å². The summed E-state index contributed by atoms with van der Waals surface area (Å²) in [7, 11) is 1.17. The predicted molar refractivity (Wildman–Crippen MR) is 307 cm³/mol. The highest BCUT2D eigenvalue weighted by Gasteiger charge is 2.27. The summed E-state index contributed by atoms with van der Waals surface area (Å²) >= 11 is 0. The van der Waals surface area contributed by atoms with E-state index in [1.165, 1.54) is 141 Å². The summed E-state index contributed by atoms with van der Waals surface area (Å²) in [6.07, 6.45) is 64.6. The Morgan fingerprint density at radius 2 is 0.847 bits per heavy atom. The molecule has 0 aromatic heterocycles. The van der Waals surface area contributed by atoms with Crippen molar-refractivity contribution in [3.63, 3.8) is 0 Å². The number of hydrogen-bond donors (Lipinski definition) is 1. The summed E-state index contributed by atoms with van der Waals surface area (Å²) in [5, 5.41) is 3.02. The molecular formula is C62H115N2O7P. The number of phosphoric acid groups is 1. The van der Waals surface area contributed by atoms with Crippen LogP contribution in [-0.4, -0.2) is 69.4 Å². The molecule has 0 rings (SSSR count). The minimum Gasteiger partial charge on any atom is -0.756 e. The quantitative estimate of drug-likeness (QED) is 0.0212. The van der Waals surface area contributed by atoms with Crippen molar-refractivity contribution in [2.75, 3.05) is 40.9 Å². The van der Waals surface area contributed by atoms with E-state index >= 15 is 0 Å². The van der Waals surface area contributed by atoms with Crippen LogP contribution in [-0.2, 0) is 27.9 Å². The maximum Gasteiger partial charge on any atom is 0.306 e. The molecule has 1 N–H and O–H groups in total. The third-order valence-corrected chi connectivity index (χ3v) is 14.1. The van der Waals surface area contributed by atoms with E-state index in [0.717, 1.165) is 96.3 Å². The minimum atomic E-state index is -4.70. The molecule has 0 aliphatic rings. The van der Waals surface area contributed by atoms with Crippen molar-refractivity contribution in [3.8, 4) is 0 Å². The summed E-state index contributed by atoms with van der Waals surface area (Å²) < 4.78 is 30.3. The number of phosphoric ester groups is 1. The molecule has 72 heavy (non-hydrogen) atoms.